The van der Waals surface area contributed by atoms with Crippen LogP contribution in [0.5, 0.6) is 0 Å². The number of piperidine rings is 1. The summed E-state index contributed by atoms with van der Waals surface area (Å²) in [6.07, 6.45) is -0.556. The summed E-state index contributed by atoms with van der Waals surface area (Å²) in [6, 6.07) is 3.76. The minimum atomic E-state index is -4.09. The molecule has 3 nitrogen and oxygen atoms in total. The molecular formula is C15H22F3N3. The lowest BCUT2D eigenvalue weighted by Crippen LogP contribution is -2.41. The Hall–Kier alpha value is -1.30. The van der Waals surface area contributed by atoms with Crippen molar-refractivity contribution in [3.63, 3.8) is 0 Å². The fourth-order valence-corrected chi connectivity index (χ4v) is 2.68. The van der Waals surface area contributed by atoms with Crippen molar-refractivity contribution in [1.29, 1.82) is 0 Å². The van der Waals surface area contributed by atoms with E-state index in [1.807, 2.05) is 17.0 Å². The van der Waals surface area contributed by atoms with Gasteiger partial charge in [0.05, 0.1) is 5.92 Å². The molecule has 0 spiro atoms. The minimum Gasteiger partial charge on any atom is -0.370 e. The van der Waals surface area contributed by atoms with Crippen LogP contribution in [0.1, 0.15) is 31.7 Å². The van der Waals surface area contributed by atoms with Gasteiger partial charge in [-0.15, -0.1) is 0 Å². The molecule has 118 valence electrons. The Morgan fingerprint density at radius 3 is 2.95 bits per heavy atom. The quantitative estimate of drug-likeness (QED) is 0.899. The topological polar surface area (TPSA) is 28.2 Å². The van der Waals surface area contributed by atoms with Crippen molar-refractivity contribution in [1.82, 2.24) is 9.88 Å². The smallest absolute Gasteiger partial charge is 0.370 e. The number of nitrogens with one attached hydrogen (secondary N) is 1. The molecule has 1 unspecified atom stereocenters. The van der Waals surface area contributed by atoms with E-state index in [1.165, 1.54) is 0 Å². The van der Waals surface area contributed by atoms with Gasteiger partial charge in [-0.25, -0.2) is 4.98 Å². The van der Waals surface area contributed by atoms with E-state index in [2.05, 4.69) is 17.2 Å². The van der Waals surface area contributed by atoms with Gasteiger partial charge in [-0.05, 0) is 31.9 Å². The third-order valence-corrected chi connectivity index (χ3v) is 3.80. The molecule has 0 radical (unpaired) electrons. The van der Waals surface area contributed by atoms with Crippen molar-refractivity contribution in [3.8, 4) is 0 Å². The molecule has 1 N–H and O–H groups in total. The van der Waals surface area contributed by atoms with Gasteiger partial charge in [0, 0.05) is 31.4 Å². The number of aromatic nitrogens is 1. The van der Waals surface area contributed by atoms with E-state index >= 15 is 0 Å². The Morgan fingerprint density at radius 1 is 1.43 bits per heavy atom. The summed E-state index contributed by atoms with van der Waals surface area (Å²) >= 11 is 0. The molecule has 0 saturated carbocycles. The monoisotopic (exact) mass is 301 g/mol. The molecule has 1 aromatic heterocycles. The van der Waals surface area contributed by atoms with Crippen LogP contribution < -0.4 is 5.32 Å². The Balaban J connectivity index is 2.01. The van der Waals surface area contributed by atoms with E-state index in [1.54, 1.807) is 6.20 Å². The number of rotatable bonds is 5. The average molecular weight is 301 g/mol. The number of hydrogen-bond donors (Lipinski definition) is 1. The summed E-state index contributed by atoms with van der Waals surface area (Å²) in [5.74, 6) is -0.413. The molecule has 0 aliphatic carbocycles. The number of hydrogen-bond acceptors (Lipinski definition) is 3. The van der Waals surface area contributed by atoms with Crippen LogP contribution in [-0.2, 0) is 6.54 Å². The van der Waals surface area contributed by atoms with Gasteiger partial charge in [-0.3, -0.25) is 4.90 Å². The van der Waals surface area contributed by atoms with Gasteiger partial charge in [0.25, 0.3) is 0 Å². The molecule has 1 aliphatic heterocycles. The largest absolute Gasteiger partial charge is 0.393 e. The Kier molecular flexibility index (Phi) is 5.45. The molecule has 6 heteroatoms. The highest BCUT2D eigenvalue weighted by atomic mass is 19.4. The summed E-state index contributed by atoms with van der Waals surface area (Å²) in [4.78, 5) is 6.17. The Bertz CT molecular complexity index is 448. The lowest BCUT2D eigenvalue weighted by Gasteiger charge is -2.33. The molecule has 2 heterocycles. The van der Waals surface area contributed by atoms with Crippen LogP contribution in [-0.4, -0.2) is 35.7 Å². The van der Waals surface area contributed by atoms with E-state index in [0.29, 0.717) is 19.5 Å². The first-order valence-electron chi connectivity index (χ1n) is 7.47. The summed E-state index contributed by atoms with van der Waals surface area (Å²) in [5, 5.41) is 3.23. The van der Waals surface area contributed by atoms with Crippen molar-refractivity contribution in [2.75, 3.05) is 25.0 Å². The van der Waals surface area contributed by atoms with Crippen LogP contribution in [0, 0.1) is 5.92 Å². The maximum Gasteiger partial charge on any atom is 0.393 e. The number of nitrogens with zero attached hydrogens (tertiary/aromatic N) is 2. The lowest BCUT2D eigenvalue weighted by atomic mass is 9.97. The highest BCUT2D eigenvalue weighted by Crippen LogP contribution is 2.33. The molecule has 0 bridgehead atoms. The van der Waals surface area contributed by atoms with Crippen molar-refractivity contribution in [3.05, 3.63) is 23.9 Å². The molecule has 1 saturated heterocycles. The van der Waals surface area contributed by atoms with E-state index in [0.717, 1.165) is 24.3 Å². The molecule has 2 rings (SSSR count). The third-order valence-electron chi connectivity index (χ3n) is 3.80. The Labute approximate surface area is 123 Å². The molecular weight excluding hydrogens is 279 g/mol. The highest BCUT2D eigenvalue weighted by Gasteiger charge is 2.41. The molecule has 1 aliphatic rings. The highest BCUT2D eigenvalue weighted by molar-refractivity contribution is 5.43. The van der Waals surface area contributed by atoms with Crippen LogP contribution in [0.15, 0.2) is 18.3 Å². The standard InChI is InChI=1S/C15H22F3N3/c1-2-7-19-14-12(5-3-8-20-14)10-21-9-4-6-13(11-21)15(16,17)18/h3,5,8,13H,2,4,6-7,9-11H2,1H3,(H,19,20). The van der Waals surface area contributed by atoms with Crippen molar-refractivity contribution in [2.24, 2.45) is 5.92 Å². The molecule has 1 aromatic rings. The predicted molar refractivity (Wildman–Crippen MR) is 77.1 cm³/mol. The van der Waals surface area contributed by atoms with E-state index < -0.39 is 12.1 Å². The maximum absolute atomic E-state index is 12.8. The van der Waals surface area contributed by atoms with Crippen molar-refractivity contribution >= 4 is 5.82 Å². The zero-order valence-electron chi connectivity index (χ0n) is 12.3. The molecule has 1 fully saturated rings. The predicted octanol–water partition coefficient (Wildman–Crippen LogP) is 3.68. The fraction of sp³-hybridized carbons (Fsp3) is 0.667. The number of alkyl halides is 3. The van der Waals surface area contributed by atoms with Crippen molar-refractivity contribution in [2.45, 2.75) is 38.9 Å². The summed E-state index contributed by atoms with van der Waals surface area (Å²) in [7, 11) is 0. The summed E-state index contributed by atoms with van der Waals surface area (Å²) in [6.45, 7) is 4.20. The zero-order valence-corrected chi connectivity index (χ0v) is 12.3. The third kappa shape index (κ3) is 4.59. The minimum absolute atomic E-state index is 0.0889. The zero-order chi connectivity index (χ0) is 15.3. The number of halogens is 3. The summed E-state index contributed by atoms with van der Waals surface area (Å²) < 4.78 is 38.5. The van der Waals surface area contributed by atoms with Crippen molar-refractivity contribution < 1.29 is 13.2 Å². The first-order valence-corrected chi connectivity index (χ1v) is 7.47. The van der Waals surface area contributed by atoms with Gasteiger partial charge in [0.1, 0.15) is 5.82 Å². The van der Waals surface area contributed by atoms with Gasteiger partial charge in [-0.2, -0.15) is 13.2 Å². The second-order valence-corrected chi connectivity index (χ2v) is 5.55. The molecule has 21 heavy (non-hydrogen) atoms. The van der Waals surface area contributed by atoms with Gasteiger partial charge in [0.2, 0.25) is 0 Å². The number of pyridine rings is 1. The first-order chi connectivity index (χ1) is 10.0. The van der Waals surface area contributed by atoms with Crippen LogP contribution in [0.3, 0.4) is 0 Å². The number of likely N-dealkylation sites (tertiary alicyclic amines) is 1. The van der Waals surface area contributed by atoms with Gasteiger partial charge in [0.15, 0.2) is 0 Å². The first kappa shape index (κ1) is 16.1. The average Bonchev–Trinajstić information content (AvgIpc) is 2.46. The Morgan fingerprint density at radius 2 is 2.24 bits per heavy atom. The maximum atomic E-state index is 12.8. The van der Waals surface area contributed by atoms with Gasteiger partial charge < -0.3 is 5.32 Å². The summed E-state index contributed by atoms with van der Waals surface area (Å²) in [5.41, 5.74) is 0.966. The van der Waals surface area contributed by atoms with Crippen LogP contribution in [0.4, 0.5) is 19.0 Å². The van der Waals surface area contributed by atoms with E-state index in [-0.39, 0.29) is 13.0 Å². The van der Waals surface area contributed by atoms with E-state index in [9.17, 15) is 13.2 Å². The van der Waals surface area contributed by atoms with Gasteiger partial charge >= 0.3 is 6.18 Å². The molecule has 0 amide bonds. The second-order valence-electron chi connectivity index (χ2n) is 5.55. The van der Waals surface area contributed by atoms with Crippen LogP contribution in [0.25, 0.3) is 0 Å². The van der Waals surface area contributed by atoms with Crippen LogP contribution in [0.2, 0.25) is 0 Å². The van der Waals surface area contributed by atoms with Gasteiger partial charge in [-0.1, -0.05) is 13.0 Å². The molecule has 1 atom stereocenters. The SMILES string of the molecule is CCCNc1ncccc1CN1CCCC(C(F)(F)F)C1. The molecule has 0 aromatic carbocycles. The fourth-order valence-electron chi connectivity index (χ4n) is 2.68. The van der Waals surface area contributed by atoms with Crippen LogP contribution >= 0.6 is 0 Å². The van der Waals surface area contributed by atoms with E-state index in [4.69, 9.17) is 0 Å². The number of anilines is 1. The lowest BCUT2D eigenvalue weighted by molar-refractivity contribution is -0.187. The normalized spacial score (nSPS) is 20.5. The second kappa shape index (κ2) is 7.11.